The fourth-order valence-corrected chi connectivity index (χ4v) is 2.66. The summed E-state index contributed by atoms with van der Waals surface area (Å²) in [6.07, 6.45) is 4.73. The van der Waals surface area contributed by atoms with Gasteiger partial charge in [-0.15, -0.1) is 0 Å². The van der Waals surface area contributed by atoms with Gasteiger partial charge in [0, 0.05) is 29.8 Å². The number of H-pyrrole nitrogens is 1. The average Bonchev–Trinajstić information content (AvgIpc) is 3.31. The second-order valence-corrected chi connectivity index (χ2v) is 6.21. The number of carbonyl (C=O) groups excluding carboxylic acids is 2. The van der Waals surface area contributed by atoms with Gasteiger partial charge in [-0.1, -0.05) is 6.07 Å². The maximum Gasteiger partial charge on any atom is 0.324 e. The van der Waals surface area contributed by atoms with Crippen molar-refractivity contribution in [3.63, 3.8) is 0 Å². The lowest BCUT2D eigenvalue weighted by molar-refractivity contribution is 0.103. The van der Waals surface area contributed by atoms with Crippen LogP contribution in [0.4, 0.5) is 16.3 Å². The number of benzene rings is 2. The number of urea groups is 1. The standard InChI is InChI=1S/C22H17N5O3/c28-20(21-24-13-14-25-21)15-4-8-17(9-5-15)30-18-10-6-16(7-11-18)26-22(29)27-19-3-1-2-12-23-19/h1-14H,(H,24,25)(H2,23,26,27,29). The van der Waals surface area contributed by atoms with Crippen molar-refractivity contribution in [2.75, 3.05) is 10.6 Å². The topological polar surface area (TPSA) is 109 Å². The van der Waals surface area contributed by atoms with Crippen molar-refractivity contribution >= 4 is 23.3 Å². The van der Waals surface area contributed by atoms with Crippen molar-refractivity contribution in [1.82, 2.24) is 15.0 Å². The third-order valence-corrected chi connectivity index (χ3v) is 4.08. The number of nitrogens with one attached hydrogen (secondary N) is 3. The minimum absolute atomic E-state index is 0.189. The molecule has 0 aliphatic rings. The normalized spacial score (nSPS) is 10.3. The third-order valence-electron chi connectivity index (χ3n) is 4.08. The molecule has 148 valence electrons. The van der Waals surface area contributed by atoms with E-state index in [0.717, 1.165) is 0 Å². The number of nitrogens with zero attached hydrogens (tertiary/aromatic N) is 2. The molecule has 0 bridgehead atoms. The van der Waals surface area contributed by atoms with Crippen LogP contribution < -0.4 is 15.4 Å². The van der Waals surface area contributed by atoms with Gasteiger partial charge in [-0.3, -0.25) is 10.1 Å². The summed E-state index contributed by atoms with van der Waals surface area (Å²) in [4.78, 5) is 35.0. The van der Waals surface area contributed by atoms with E-state index in [1.807, 2.05) is 0 Å². The SMILES string of the molecule is O=C(Nc1ccc(Oc2ccc(C(=O)c3ncc[nH]3)cc2)cc1)Nc1ccccn1. The monoisotopic (exact) mass is 399 g/mol. The predicted octanol–water partition coefficient (Wildman–Crippen LogP) is 4.47. The van der Waals surface area contributed by atoms with Gasteiger partial charge in [-0.2, -0.15) is 0 Å². The van der Waals surface area contributed by atoms with Gasteiger partial charge in [0.25, 0.3) is 0 Å². The predicted molar refractivity (Wildman–Crippen MR) is 112 cm³/mol. The number of imidazole rings is 1. The van der Waals surface area contributed by atoms with Crippen LogP contribution in [0.25, 0.3) is 0 Å². The lowest BCUT2D eigenvalue weighted by atomic mass is 10.1. The van der Waals surface area contributed by atoms with Crippen LogP contribution in [0.2, 0.25) is 0 Å². The van der Waals surface area contributed by atoms with Crippen LogP contribution in [0.1, 0.15) is 16.2 Å². The van der Waals surface area contributed by atoms with Crippen LogP contribution >= 0.6 is 0 Å². The Kier molecular flexibility index (Phi) is 5.47. The lowest BCUT2D eigenvalue weighted by Crippen LogP contribution is -2.19. The molecule has 2 aromatic carbocycles. The smallest absolute Gasteiger partial charge is 0.324 e. The Balaban J connectivity index is 1.34. The Bertz CT molecular complexity index is 1130. The number of ether oxygens (including phenoxy) is 1. The first-order chi connectivity index (χ1) is 14.7. The molecule has 0 fully saturated rings. The average molecular weight is 399 g/mol. The summed E-state index contributed by atoms with van der Waals surface area (Å²) in [5, 5.41) is 5.37. The van der Waals surface area contributed by atoms with Crippen LogP contribution in [0.3, 0.4) is 0 Å². The van der Waals surface area contributed by atoms with Crippen LogP contribution in [-0.4, -0.2) is 26.8 Å². The molecule has 3 N–H and O–H groups in total. The van der Waals surface area contributed by atoms with Gasteiger partial charge in [0.05, 0.1) is 0 Å². The third kappa shape index (κ3) is 4.68. The molecule has 0 atom stereocenters. The molecule has 0 aliphatic carbocycles. The number of pyridine rings is 1. The van der Waals surface area contributed by atoms with Crippen LogP contribution in [-0.2, 0) is 0 Å². The van der Waals surface area contributed by atoms with Crippen LogP contribution in [0, 0.1) is 0 Å². The van der Waals surface area contributed by atoms with Crippen molar-refractivity contribution in [1.29, 1.82) is 0 Å². The van der Waals surface area contributed by atoms with Crippen molar-refractivity contribution < 1.29 is 14.3 Å². The maximum absolute atomic E-state index is 12.2. The second kappa shape index (κ2) is 8.70. The summed E-state index contributed by atoms with van der Waals surface area (Å²) < 4.78 is 5.79. The summed E-state index contributed by atoms with van der Waals surface area (Å²) in [5.41, 5.74) is 1.12. The molecule has 0 aliphatic heterocycles. The van der Waals surface area contributed by atoms with Gasteiger partial charge in [-0.05, 0) is 60.7 Å². The number of carbonyl (C=O) groups is 2. The highest BCUT2D eigenvalue weighted by molar-refractivity contribution is 6.06. The summed E-state index contributed by atoms with van der Waals surface area (Å²) in [6, 6.07) is 18.6. The summed E-state index contributed by atoms with van der Waals surface area (Å²) in [5.74, 6) is 1.74. The summed E-state index contributed by atoms with van der Waals surface area (Å²) in [6.45, 7) is 0. The first-order valence-corrected chi connectivity index (χ1v) is 9.08. The molecular formula is C22H17N5O3. The Morgan fingerprint density at radius 3 is 2.17 bits per heavy atom. The summed E-state index contributed by atoms with van der Waals surface area (Å²) in [7, 11) is 0. The molecule has 4 aromatic rings. The Hall–Kier alpha value is -4.46. The van der Waals surface area contributed by atoms with Crippen molar-refractivity contribution in [3.05, 3.63) is 96.7 Å². The van der Waals surface area contributed by atoms with E-state index in [1.165, 1.54) is 6.20 Å². The molecule has 30 heavy (non-hydrogen) atoms. The molecule has 0 unspecified atom stereocenters. The maximum atomic E-state index is 12.2. The minimum Gasteiger partial charge on any atom is -0.457 e. The van der Waals surface area contributed by atoms with Gasteiger partial charge in [-0.25, -0.2) is 14.8 Å². The molecule has 4 rings (SSSR count). The Morgan fingerprint density at radius 1 is 0.800 bits per heavy atom. The highest BCUT2D eigenvalue weighted by Gasteiger charge is 2.11. The number of hydrogen-bond acceptors (Lipinski definition) is 5. The number of aromatic amines is 1. The Labute approximate surface area is 172 Å². The van der Waals surface area contributed by atoms with Crippen LogP contribution in [0.5, 0.6) is 11.5 Å². The van der Waals surface area contributed by atoms with E-state index in [-0.39, 0.29) is 11.8 Å². The highest BCUT2D eigenvalue weighted by atomic mass is 16.5. The van der Waals surface area contributed by atoms with Gasteiger partial charge in [0.2, 0.25) is 5.78 Å². The quantitative estimate of drug-likeness (QED) is 0.415. The second-order valence-electron chi connectivity index (χ2n) is 6.21. The molecule has 8 heteroatoms. The zero-order valence-corrected chi connectivity index (χ0v) is 15.7. The fraction of sp³-hybridized carbons (Fsp3) is 0. The fourth-order valence-electron chi connectivity index (χ4n) is 2.66. The zero-order chi connectivity index (χ0) is 20.8. The molecule has 0 saturated carbocycles. The molecule has 0 radical (unpaired) electrons. The Morgan fingerprint density at radius 2 is 1.53 bits per heavy atom. The molecule has 2 aromatic heterocycles. The largest absolute Gasteiger partial charge is 0.457 e. The van der Waals surface area contributed by atoms with Gasteiger partial charge in [0.1, 0.15) is 17.3 Å². The molecule has 8 nitrogen and oxygen atoms in total. The molecule has 0 spiro atoms. The number of rotatable bonds is 6. The van der Waals surface area contributed by atoms with E-state index in [4.69, 9.17) is 4.74 Å². The van der Waals surface area contributed by atoms with E-state index >= 15 is 0 Å². The summed E-state index contributed by atoms with van der Waals surface area (Å²) >= 11 is 0. The van der Waals surface area contributed by atoms with Crippen LogP contribution in [0.15, 0.2) is 85.3 Å². The number of amides is 2. The molecule has 2 heterocycles. The first kappa shape index (κ1) is 18.9. The van der Waals surface area contributed by atoms with E-state index in [0.29, 0.717) is 34.4 Å². The zero-order valence-electron chi connectivity index (χ0n) is 15.7. The molecule has 0 saturated heterocycles. The van der Waals surface area contributed by atoms with Crippen molar-refractivity contribution in [3.8, 4) is 11.5 Å². The van der Waals surface area contributed by atoms with E-state index in [2.05, 4.69) is 25.6 Å². The van der Waals surface area contributed by atoms with Crippen molar-refractivity contribution in [2.45, 2.75) is 0 Å². The highest BCUT2D eigenvalue weighted by Crippen LogP contribution is 2.24. The first-order valence-electron chi connectivity index (χ1n) is 9.08. The van der Waals surface area contributed by atoms with Gasteiger partial charge >= 0.3 is 6.03 Å². The lowest BCUT2D eigenvalue weighted by Gasteiger charge is -2.09. The number of aromatic nitrogens is 3. The minimum atomic E-state index is -0.390. The number of ketones is 1. The number of hydrogen-bond donors (Lipinski definition) is 3. The van der Waals surface area contributed by atoms with Gasteiger partial charge < -0.3 is 15.0 Å². The van der Waals surface area contributed by atoms with Crippen molar-refractivity contribution in [2.24, 2.45) is 0 Å². The van der Waals surface area contributed by atoms with E-state index < -0.39 is 0 Å². The number of anilines is 2. The van der Waals surface area contributed by atoms with E-state index in [9.17, 15) is 9.59 Å². The molecule has 2 amide bonds. The van der Waals surface area contributed by atoms with Gasteiger partial charge in [0.15, 0.2) is 5.82 Å². The molecular weight excluding hydrogens is 382 g/mol. The van der Waals surface area contributed by atoms with E-state index in [1.54, 1.807) is 79.1 Å².